The molecule has 3 aromatic heterocycles. The Morgan fingerprint density at radius 3 is 2.26 bits per heavy atom. The van der Waals surface area contributed by atoms with Crippen LogP contribution < -0.4 is 0 Å². The maximum absolute atomic E-state index is 6.81. The first-order valence-corrected chi connectivity index (χ1v) is 15.4. The summed E-state index contributed by atoms with van der Waals surface area (Å²) < 4.78 is 12.0. The predicted molar refractivity (Wildman–Crippen MR) is 179 cm³/mol. The SMILES string of the molecule is CC1(C)c2ccccc2-c2c1c1c(c3ccccc3n1-c1ccc3sc4ccccc4c3c1)c1c2oc2ccccc21. The number of benzene rings is 6. The molecule has 0 N–H and O–H groups in total. The lowest BCUT2D eigenvalue weighted by molar-refractivity contribution is 0.656. The van der Waals surface area contributed by atoms with E-state index < -0.39 is 0 Å². The fraction of sp³-hybridized carbons (Fsp3) is 0.0769. The number of fused-ring (bicyclic) bond motifs is 15. The molecule has 0 aliphatic heterocycles. The molecule has 3 heteroatoms. The Bertz CT molecular complexity index is 2610. The van der Waals surface area contributed by atoms with Gasteiger partial charge in [0, 0.05) is 58.4 Å². The van der Waals surface area contributed by atoms with Crippen LogP contribution in [-0.2, 0) is 5.41 Å². The van der Waals surface area contributed by atoms with Crippen LogP contribution in [0.4, 0.5) is 0 Å². The normalized spacial score (nSPS) is 14.1. The molecule has 9 aromatic rings. The van der Waals surface area contributed by atoms with Crippen LogP contribution in [0.2, 0.25) is 0 Å². The molecule has 0 radical (unpaired) electrons. The molecule has 0 amide bonds. The average Bonchev–Trinajstić information content (AvgIpc) is 3.74. The predicted octanol–water partition coefficient (Wildman–Crippen LogP) is 11.4. The third-order valence-electron chi connectivity index (χ3n) is 9.55. The van der Waals surface area contributed by atoms with Crippen LogP contribution in [0, 0.1) is 0 Å². The van der Waals surface area contributed by atoms with Crippen molar-refractivity contribution in [1.29, 1.82) is 0 Å². The van der Waals surface area contributed by atoms with Gasteiger partial charge in [-0.2, -0.15) is 0 Å². The number of rotatable bonds is 1. The molecular formula is C39H25NOS. The Balaban J connectivity index is 1.49. The first-order chi connectivity index (χ1) is 20.6. The topological polar surface area (TPSA) is 18.1 Å². The Kier molecular flexibility index (Phi) is 4.18. The van der Waals surface area contributed by atoms with Crippen LogP contribution in [0.3, 0.4) is 0 Å². The standard InChI is InChI=1S/C39H25NOS/c1-39(2)28-15-7-3-12-24(28)35-36(39)37-33(34-26-14-5-9-17-30(26)41-38(34)35)25-13-4-8-16-29(25)40(37)22-19-20-32-27(21-22)23-11-6-10-18-31(23)42-32/h3-21H,1-2H3. The van der Waals surface area contributed by atoms with Crippen LogP contribution in [-0.4, -0.2) is 4.57 Å². The van der Waals surface area contributed by atoms with E-state index in [1.54, 1.807) is 0 Å². The fourth-order valence-corrected chi connectivity index (χ4v) is 8.89. The van der Waals surface area contributed by atoms with Gasteiger partial charge in [-0.1, -0.05) is 92.7 Å². The van der Waals surface area contributed by atoms with Gasteiger partial charge < -0.3 is 8.98 Å². The second kappa shape index (κ2) is 7.70. The smallest absolute Gasteiger partial charge is 0.144 e. The average molecular weight is 556 g/mol. The molecule has 0 unspecified atom stereocenters. The van der Waals surface area contributed by atoms with E-state index >= 15 is 0 Å². The summed E-state index contributed by atoms with van der Waals surface area (Å²) in [5.74, 6) is 0. The van der Waals surface area contributed by atoms with E-state index in [1.165, 1.54) is 80.7 Å². The molecule has 42 heavy (non-hydrogen) atoms. The highest BCUT2D eigenvalue weighted by Gasteiger charge is 2.41. The van der Waals surface area contributed by atoms with Crippen molar-refractivity contribution in [3.8, 4) is 16.8 Å². The highest BCUT2D eigenvalue weighted by atomic mass is 32.1. The van der Waals surface area contributed by atoms with Gasteiger partial charge in [-0.05, 0) is 53.1 Å². The molecule has 1 aliphatic carbocycles. The van der Waals surface area contributed by atoms with Crippen molar-refractivity contribution in [2.45, 2.75) is 19.3 Å². The summed E-state index contributed by atoms with van der Waals surface area (Å²) in [7, 11) is 0. The van der Waals surface area contributed by atoms with E-state index in [0.29, 0.717) is 0 Å². The first kappa shape index (κ1) is 22.8. The largest absolute Gasteiger partial charge is 0.455 e. The van der Waals surface area contributed by atoms with Crippen molar-refractivity contribution in [3.63, 3.8) is 0 Å². The Labute approximate surface area is 246 Å². The molecule has 3 heterocycles. The molecular weight excluding hydrogens is 531 g/mol. The van der Waals surface area contributed by atoms with E-state index in [-0.39, 0.29) is 5.41 Å². The molecule has 1 aliphatic rings. The van der Waals surface area contributed by atoms with Gasteiger partial charge in [-0.25, -0.2) is 0 Å². The van der Waals surface area contributed by atoms with Crippen molar-refractivity contribution < 1.29 is 4.42 Å². The highest BCUT2D eigenvalue weighted by molar-refractivity contribution is 7.25. The first-order valence-electron chi connectivity index (χ1n) is 14.5. The lowest BCUT2D eigenvalue weighted by atomic mass is 9.81. The molecule has 0 fully saturated rings. The van der Waals surface area contributed by atoms with Crippen LogP contribution >= 0.6 is 11.3 Å². The summed E-state index contributed by atoms with van der Waals surface area (Å²) in [4.78, 5) is 0. The van der Waals surface area contributed by atoms with E-state index in [1.807, 2.05) is 11.3 Å². The molecule has 0 saturated carbocycles. The van der Waals surface area contributed by atoms with E-state index in [4.69, 9.17) is 4.42 Å². The summed E-state index contributed by atoms with van der Waals surface area (Å²) in [6, 6.07) is 42.1. The second-order valence-corrected chi connectivity index (χ2v) is 13.2. The number of para-hydroxylation sites is 2. The fourth-order valence-electron chi connectivity index (χ4n) is 7.80. The third kappa shape index (κ3) is 2.66. The zero-order chi connectivity index (χ0) is 27.7. The van der Waals surface area contributed by atoms with Crippen LogP contribution in [0.1, 0.15) is 25.0 Å². The van der Waals surface area contributed by atoms with Crippen molar-refractivity contribution in [1.82, 2.24) is 4.57 Å². The highest BCUT2D eigenvalue weighted by Crippen LogP contribution is 2.57. The van der Waals surface area contributed by atoms with Gasteiger partial charge in [-0.3, -0.25) is 0 Å². The maximum atomic E-state index is 6.81. The van der Waals surface area contributed by atoms with Gasteiger partial charge in [0.15, 0.2) is 0 Å². The number of thiophene rings is 1. The van der Waals surface area contributed by atoms with Crippen molar-refractivity contribution in [2.75, 3.05) is 0 Å². The quantitative estimate of drug-likeness (QED) is 0.197. The van der Waals surface area contributed by atoms with E-state index in [9.17, 15) is 0 Å². The lowest BCUT2D eigenvalue weighted by Gasteiger charge is -2.24. The summed E-state index contributed by atoms with van der Waals surface area (Å²) >= 11 is 1.87. The van der Waals surface area contributed by atoms with Gasteiger partial charge in [-0.15, -0.1) is 11.3 Å². The third-order valence-corrected chi connectivity index (χ3v) is 10.7. The Hall–Kier alpha value is -4.86. The second-order valence-electron chi connectivity index (χ2n) is 12.1. The summed E-state index contributed by atoms with van der Waals surface area (Å²) in [5.41, 5.74) is 10.6. The molecule has 0 atom stereocenters. The molecule has 10 rings (SSSR count). The molecule has 0 saturated heterocycles. The summed E-state index contributed by atoms with van der Waals surface area (Å²) in [6.07, 6.45) is 0. The Morgan fingerprint density at radius 2 is 1.36 bits per heavy atom. The summed E-state index contributed by atoms with van der Waals surface area (Å²) in [6.45, 7) is 4.76. The minimum Gasteiger partial charge on any atom is -0.455 e. The van der Waals surface area contributed by atoms with Crippen LogP contribution in [0.25, 0.3) is 80.7 Å². The molecule has 0 bridgehead atoms. The maximum Gasteiger partial charge on any atom is 0.144 e. The number of hydrogen-bond donors (Lipinski definition) is 0. The molecule has 0 spiro atoms. The van der Waals surface area contributed by atoms with Gasteiger partial charge in [0.25, 0.3) is 0 Å². The molecule has 198 valence electrons. The minimum absolute atomic E-state index is 0.206. The van der Waals surface area contributed by atoms with Gasteiger partial charge >= 0.3 is 0 Å². The van der Waals surface area contributed by atoms with Gasteiger partial charge in [0.2, 0.25) is 0 Å². The Morgan fingerprint density at radius 1 is 0.643 bits per heavy atom. The van der Waals surface area contributed by atoms with E-state index in [2.05, 4.69) is 134 Å². The van der Waals surface area contributed by atoms with Crippen molar-refractivity contribution in [2.24, 2.45) is 0 Å². The van der Waals surface area contributed by atoms with E-state index in [0.717, 1.165) is 11.2 Å². The van der Waals surface area contributed by atoms with Crippen molar-refractivity contribution >= 4 is 75.3 Å². The number of hydrogen-bond acceptors (Lipinski definition) is 2. The monoisotopic (exact) mass is 555 g/mol. The van der Waals surface area contributed by atoms with Crippen molar-refractivity contribution in [3.05, 3.63) is 126 Å². The molecule has 6 aromatic carbocycles. The zero-order valence-corrected chi connectivity index (χ0v) is 24.0. The number of aromatic nitrogens is 1. The van der Waals surface area contributed by atoms with Crippen LogP contribution in [0.15, 0.2) is 120 Å². The minimum atomic E-state index is -0.206. The zero-order valence-electron chi connectivity index (χ0n) is 23.2. The number of furan rings is 1. The molecule has 2 nitrogen and oxygen atoms in total. The van der Waals surface area contributed by atoms with Gasteiger partial charge in [0.1, 0.15) is 11.2 Å². The summed E-state index contributed by atoms with van der Waals surface area (Å²) in [5, 5.41) is 7.55. The lowest BCUT2D eigenvalue weighted by Crippen LogP contribution is -2.16. The number of nitrogens with zero attached hydrogens (tertiary/aromatic N) is 1. The van der Waals surface area contributed by atoms with Crippen LogP contribution in [0.5, 0.6) is 0 Å². The van der Waals surface area contributed by atoms with Gasteiger partial charge in [0.05, 0.1) is 11.0 Å².